The van der Waals surface area contributed by atoms with E-state index in [4.69, 9.17) is 0 Å². The van der Waals surface area contributed by atoms with Crippen LogP contribution in [0.15, 0.2) is 48.5 Å². The van der Waals surface area contributed by atoms with Gasteiger partial charge in [-0.15, -0.1) is 22.7 Å². The van der Waals surface area contributed by atoms with E-state index in [9.17, 15) is 0 Å². The third-order valence-corrected chi connectivity index (χ3v) is 11.1. The highest BCUT2D eigenvalue weighted by Gasteiger charge is 2.18. The van der Waals surface area contributed by atoms with Crippen molar-refractivity contribution in [3.8, 4) is 0 Å². The van der Waals surface area contributed by atoms with E-state index < -0.39 is 0 Å². The number of fused-ring (bicyclic) bond motifs is 4. The Bertz CT molecular complexity index is 1570. The van der Waals surface area contributed by atoms with Crippen LogP contribution >= 0.6 is 54.5 Å². The Kier molecular flexibility index (Phi) is 9.12. The zero-order valence-corrected chi connectivity index (χ0v) is 29.5. The average Bonchev–Trinajstić information content (AvgIpc) is 2.90. The standard InChI is InChI=1S/C34H42Br2N2S2/c1-33(2,3)23-11-13-25-29(19-23)39-31-21-28-32(22-27(31)37(25)17-9-7-15-35)40-30-20-24(34(4,5)6)12-14-26(30)38(28)18-10-8-16-36/h11-14,19-22H,7-10,15-18H2,1-6H3. The van der Waals surface area contributed by atoms with Crippen molar-refractivity contribution in [2.24, 2.45) is 0 Å². The largest absolute Gasteiger partial charge is 0.339 e. The molecule has 0 radical (unpaired) electrons. The van der Waals surface area contributed by atoms with E-state index in [0.29, 0.717) is 0 Å². The van der Waals surface area contributed by atoms with E-state index in [-0.39, 0.29) is 10.8 Å². The quantitative estimate of drug-likeness (QED) is 0.0866. The topological polar surface area (TPSA) is 9.86 Å². The SMILES string of the molecule is CC(C)(C)c1ccc2c(c1)sc1cc3c(cc1n2CCCCBr)sc1cc(C(C)(C)C)ccc1n3CCCCBr. The minimum Gasteiger partial charge on any atom is -0.339 e. The summed E-state index contributed by atoms with van der Waals surface area (Å²) >= 11 is 11.2. The maximum atomic E-state index is 3.65. The molecule has 0 saturated carbocycles. The molecular formula is C34H42Br2N2S2. The van der Waals surface area contributed by atoms with Crippen molar-refractivity contribution >= 4 is 95.4 Å². The molecule has 0 aliphatic carbocycles. The lowest BCUT2D eigenvalue weighted by molar-refractivity contribution is 0.590. The van der Waals surface area contributed by atoms with Crippen LogP contribution in [0.25, 0.3) is 40.9 Å². The van der Waals surface area contributed by atoms with E-state index >= 15 is 0 Å². The molecule has 2 nitrogen and oxygen atoms in total. The minimum absolute atomic E-state index is 0.130. The summed E-state index contributed by atoms with van der Waals surface area (Å²) in [6.45, 7) is 15.9. The molecule has 0 fully saturated rings. The highest BCUT2D eigenvalue weighted by molar-refractivity contribution is 9.09. The maximum Gasteiger partial charge on any atom is 0.0602 e. The van der Waals surface area contributed by atoms with Crippen LogP contribution < -0.4 is 0 Å². The number of halogens is 2. The van der Waals surface area contributed by atoms with Crippen LogP contribution in [-0.4, -0.2) is 19.8 Å². The Balaban J connectivity index is 1.82. The molecule has 3 aromatic carbocycles. The molecule has 0 saturated heterocycles. The molecule has 2 heterocycles. The highest BCUT2D eigenvalue weighted by Crippen LogP contribution is 2.38. The second-order valence-electron chi connectivity index (χ2n) is 13.0. The predicted molar refractivity (Wildman–Crippen MR) is 189 cm³/mol. The summed E-state index contributed by atoms with van der Waals surface area (Å²) < 4.78 is 10.7. The first-order chi connectivity index (χ1) is 19.0. The summed E-state index contributed by atoms with van der Waals surface area (Å²) in [5.41, 5.74) is 8.48. The van der Waals surface area contributed by atoms with E-state index in [1.807, 2.05) is 22.7 Å². The van der Waals surface area contributed by atoms with Crippen LogP contribution in [0, 0.1) is 0 Å². The number of unbranched alkanes of at least 4 members (excludes halogenated alkanes) is 2. The predicted octanol–water partition coefficient (Wildman–Crippen LogP) is 12.1. The van der Waals surface area contributed by atoms with Crippen molar-refractivity contribution in [3.05, 3.63) is 59.7 Å². The van der Waals surface area contributed by atoms with Crippen LogP contribution in [0.3, 0.4) is 0 Å². The highest BCUT2D eigenvalue weighted by atomic mass is 79.9. The first-order valence-corrected chi connectivity index (χ1v) is 18.4. The molecule has 0 N–H and O–H groups in total. The van der Waals surface area contributed by atoms with Crippen LogP contribution in [0.4, 0.5) is 0 Å². The molecule has 0 amide bonds. The van der Waals surface area contributed by atoms with E-state index in [0.717, 1.165) is 36.6 Å². The lowest BCUT2D eigenvalue weighted by atomic mass is 9.87. The molecule has 6 heteroatoms. The molecular weight excluding hydrogens is 660 g/mol. The summed E-state index contributed by atoms with van der Waals surface area (Å²) in [5, 5.41) is 2.10. The molecule has 5 rings (SSSR count). The smallest absolute Gasteiger partial charge is 0.0602 e. The van der Waals surface area contributed by atoms with E-state index in [1.54, 1.807) is 0 Å². The number of benzene rings is 3. The number of alkyl halides is 2. The number of rotatable bonds is 8. The van der Waals surface area contributed by atoms with Gasteiger partial charge in [0.2, 0.25) is 0 Å². The lowest BCUT2D eigenvalue weighted by Crippen LogP contribution is -2.11. The van der Waals surface area contributed by atoms with Crippen molar-refractivity contribution in [1.29, 1.82) is 0 Å². The van der Waals surface area contributed by atoms with Gasteiger partial charge in [0.15, 0.2) is 0 Å². The maximum absolute atomic E-state index is 3.65. The summed E-state index contributed by atoms with van der Waals surface area (Å²) in [6, 6.07) is 19.3. The van der Waals surface area contributed by atoms with Gasteiger partial charge in [0, 0.05) is 23.7 Å². The Morgan fingerprint density at radius 3 is 1.25 bits per heavy atom. The average molecular weight is 703 g/mol. The van der Waals surface area contributed by atoms with Crippen molar-refractivity contribution in [3.63, 3.8) is 0 Å². The molecule has 214 valence electrons. The Hall–Kier alpha value is -1.34. The molecule has 40 heavy (non-hydrogen) atoms. The van der Waals surface area contributed by atoms with Crippen molar-refractivity contribution in [1.82, 2.24) is 9.13 Å². The summed E-state index contributed by atoms with van der Waals surface area (Å²) in [5.74, 6) is 0. The monoisotopic (exact) mass is 700 g/mol. The van der Waals surface area contributed by atoms with Gasteiger partial charge in [-0.3, -0.25) is 0 Å². The third-order valence-electron chi connectivity index (χ3n) is 7.83. The van der Waals surface area contributed by atoms with Crippen LogP contribution in [0.5, 0.6) is 0 Å². The normalized spacial score (nSPS) is 12.8. The van der Waals surface area contributed by atoms with Crippen molar-refractivity contribution in [2.75, 3.05) is 10.7 Å². The molecule has 0 spiro atoms. The summed E-state index contributed by atoms with van der Waals surface area (Å²) in [4.78, 5) is 0. The molecule has 0 atom stereocenters. The number of aromatic nitrogens is 2. The van der Waals surface area contributed by atoms with Gasteiger partial charge >= 0.3 is 0 Å². The Labute approximate surface area is 264 Å². The molecule has 0 aliphatic rings. The molecule has 2 aromatic heterocycles. The van der Waals surface area contributed by atoms with Crippen LogP contribution in [0.2, 0.25) is 0 Å². The second-order valence-corrected chi connectivity index (χ2v) is 16.7. The van der Waals surface area contributed by atoms with Gasteiger partial charge in [-0.2, -0.15) is 0 Å². The number of nitrogens with zero attached hydrogens (tertiary/aromatic N) is 2. The number of hydrogen-bond acceptors (Lipinski definition) is 2. The van der Waals surface area contributed by atoms with Gasteiger partial charge in [0.1, 0.15) is 0 Å². The van der Waals surface area contributed by atoms with Gasteiger partial charge < -0.3 is 9.13 Å². The molecule has 0 unspecified atom stereocenters. The fourth-order valence-corrected chi connectivity index (χ4v) is 8.49. The number of hydrogen-bond donors (Lipinski definition) is 0. The fourth-order valence-electron chi connectivity index (χ4n) is 5.40. The van der Waals surface area contributed by atoms with E-state index in [2.05, 4.69) is 131 Å². The van der Waals surface area contributed by atoms with Gasteiger partial charge in [-0.05, 0) is 84.0 Å². The fraction of sp³-hybridized carbons (Fsp3) is 0.471. The van der Waals surface area contributed by atoms with Crippen molar-refractivity contribution in [2.45, 2.75) is 91.1 Å². The number of aryl methyl sites for hydroxylation is 2. The summed E-state index contributed by atoms with van der Waals surface area (Å²) in [6.07, 6.45) is 4.68. The minimum atomic E-state index is 0.130. The molecule has 0 bridgehead atoms. The van der Waals surface area contributed by atoms with Crippen molar-refractivity contribution < 1.29 is 0 Å². The van der Waals surface area contributed by atoms with Gasteiger partial charge in [-0.25, -0.2) is 0 Å². The van der Waals surface area contributed by atoms with Crippen LogP contribution in [-0.2, 0) is 23.9 Å². The lowest BCUT2D eigenvalue weighted by Gasteiger charge is -2.23. The molecule has 5 aromatic rings. The first kappa shape index (κ1) is 30.1. The molecule has 0 aliphatic heterocycles. The van der Waals surface area contributed by atoms with Crippen LogP contribution in [0.1, 0.15) is 78.4 Å². The second kappa shape index (κ2) is 12.1. The zero-order chi connectivity index (χ0) is 28.7. The Morgan fingerprint density at radius 2 is 0.900 bits per heavy atom. The Morgan fingerprint density at radius 1 is 0.525 bits per heavy atom. The zero-order valence-electron chi connectivity index (χ0n) is 24.7. The van der Waals surface area contributed by atoms with E-state index in [1.165, 1.54) is 64.8 Å². The first-order valence-electron chi connectivity index (χ1n) is 14.5. The van der Waals surface area contributed by atoms with Gasteiger partial charge in [-0.1, -0.05) is 85.5 Å². The van der Waals surface area contributed by atoms with Gasteiger partial charge in [0.25, 0.3) is 0 Å². The van der Waals surface area contributed by atoms with Gasteiger partial charge in [0.05, 0.1) is 40.9 Å². The third kappa shape index (κ3) is 6.21. The summed E-state index contributed by atoms with van der Waals surface area (Å²) in [7, 11) is 0.